The molecule has 0 saturated carbocycles. The maximum absolute atomic E-state index is 12.2. The number of nitrogens with one attached hydrogen (secondary N) is 1. The van der Waals surface area contributed by atoms with Gasteiger partial charge in [0.2, 0.25) is 0 Å². The maximum atomic E-state index is 12.2. The molecule has 0 aliphatic rings. The average Bonchev–Trinajstić information content (AvgIpc) is 2.49. The minimum atomic E-state index is -0.111. The van der Waals surface area contributed by atoms with Crippen LogP contribution in [0.4, 0.5) is 5.69 Å². The summed E-state index contributed by atoms with van der Waals surface area (Å²) in [6, 6.07) is 15.3. The van der Waals surface area contributed by atoms with E-state index in [0.717, 1.165) is 16.5 Å². The minimum Gasteiger partial charge on any atom is -0.322 e. The first-order valence-corrected chi connectivity index (χ1v) is 6.44. The van der Waals surface area contributed by atoms with Gasteiger partial charge in [-0.15, -0.1) is 0 Å². The van der Waals surface area contributed by atoms with E-state index in [2.05, 4.69) is 10.3 Å². The van der Waals surface area contributed by atoms with Crippen LogP contribution in [0.2, 0.25) is 0 Å². The number of aryl methyl sites for hydroxylation is 1. The summed E-state index contributed by atoms with van der Waals surface area (Å²) in [4.78, 5) is 16.3. The topological polar surface area (TPSA) is 42.0 Å². The van der Waals surface area contributed by atoms with Crippen molar-refractivity contribution in [2.45, 2.75) is 6.92 Å². The molecule has 20 heavy (non-hydrogen) atoms. The molecular weight excluding hydrogens is 248 g/mol. The van der Waals surface area contributed by atoms with Gasteiger partial charge in [0, 0.05) is 29.0 Å². The summed E-state index contributed by atoms with van der Waals surface area (Å²) in [5.74, 6) is -0.111. The van der Waals surface area contributed by atoms with Crippen LogP contribution in [0.15, 0.2) is 60.9 Å². The minimum absolute atomic E-state index is 0.111. The number of anilines is 1. The van der Waals surface area contributed by atoms with Crippen LogP contribution in [0.25, 0.3) is 10.8 Å². The number of aromatic nitrogens is 1. The second-order valence-electron chi connectivity index (χ2n) is 4.76. The summed E-state index contributed by atoms with van der Waals surface area (Å²) in [6.45, 7) is 2.02. The van der Waals surface area contributed by atoms with Crippen molar-refractivity contribution >= 4 is 22.4 Å². The van der Waals surface area contributed by atoms with E-state index in [1.54, 1.807) is 12.4 Å². The second kappa shape index (κ2) is 5.13. The van der Waals surface area contributed by atoms with Crippen LogP contribution in [-0.2, 0) is 0 Å². The van der Waals surface area contributed by atoms with E-state index in [1.165, 1.54) is 5.56 Å². The van der Waals surface area contributed by atoms with E-state index in [-0.39, 0.29) is 5.91 Å². The Morgan fingerprint density at radius 1 is 1.00 bits per heavy atom. The van der Waals surface area contributed by atoms with Gasteiger partial charge in [0.25, 0.3) is 5.91 Å². The van der Waals surface area contributed by atoms with Gasteiger partial charge in [0.1, 0.15) is 0 Å². The lowest BCUT2D eigenvalue weighted by Crippen LogP contribution is -2.11. The van der Waals surface area contributed by atoms with Crippen molar-refractivity contribution in [1.82, 2.24) is 4.98 Å². The van der Waals surface area contributed by atoms with E-state index < -0.39 is 0 Å². The molecule has 0 atom stereocenters. The van der Waals surface area contributed by atoms with Crippen LogP contribution in [-0.4, -0.2) is 10.9 Å². The molecule has 1 aromatic heterocycles. The molecule has 98 valence electrons. The van der Waals surface area contributed by atoms with Gasteiger partial charge >= 0.3 is 0 Å². The SMILES string of the molecule is Cc1ccc(NC(=O)c2ccc3ccncc3c2)cc1. The summed E-state index contributed by atoms with van der Waals surface area (Å²) < 4.78 is 0. The zero-order valence-corrected chi connectivity index (χ0v) is 11.1. The highest BCUT2D eigenvalue weighted by molar-refractivity contribution is 6.06. The Bertz CT molecular complexity index is 763. The Kier molecular flexibility index (Phi) is 3.17. The molecular formula is C17H14N2O. The Labute approximate surface area is 117 Å². The molecule has 3 aromatic rings. The fourth-order valence-electron chi connectivity index (χ4n) is 2.07. The molecule has 0 aliphatic carbocycles. The second-order valence-corrected chi connectivity index (χ2v) is 4.76. The fraction of sp³-hybridized carbons (Fsp3) is 0.0588. The molecule has 0 fully saturated rings. The number of hydrogen-bond donors (Lipinski definition) is 1. The van der Waals surface area contributed by atoms with Gasteiger partial charge in [-0.05, 0) is 42.6 Å². The van der Waals surface area contributed by atoms with Gasteiger partial charge in [-0.25, -0.2) is 0 Å². The molecule has 3 rings (SSSR count). The van der Waals surface area contributed by atoms with E-state index >= 15 is 0 Å². The number of rotatable bonds is 2. The van der Waals surface area contributed by atoms with Crippen LogP contribution in [0, 0.1) is 6.92 Å². The molecule has 0 bridgehead atoms. The number of hydrogen-bond acceptors (Lipinski definition) is 2. The van der Waals surface area contributed by atoms with Crippen LogP contribution in [0.5, 0.6) is 0 Å². The van der Waals surface area contributed by atoms with Gasteiger partial charge in [0.05, 0.1) is 0 Å². The Morgan fingerprint density at radius 2 is 1.80 bits per heavy atom. The molecule has 3 heteroatoms. The molecule has 2 aromatic carbocycles. The Hall–Kier alpha value is -2.68. The van der Waals surface area contributed by atoms with E-state index in [0.29, 0.717) is 5.56 Å². The first-order valence-electron chi connectivity index (χ1n) is 6.44. The summed E-state index contributed by atoms with van der Waals surface area (Å²) in [5, 5.41) is 4.93. The molecule has 1 amide bonds. The summed E-state index contributed by atoms with van der Waals surface area (Å²) in [6.07, 6.45) is 3.51. The molecule has 0 unspecified atom stereocenters. The fourth-order valence-corrected chi connectivity index (χ4v) is 2.07. The number of benzene rings is 2. The zero-order chi connectivity index (χ0) is 13.9. The van der Waals surface area contributed by atoms with Crippen LogP contribution in [0.1, 0.15) is 15.9 Å². The standard InChI is InChI=1S/C17H14N2O/c1-12-2-6-16(7-3-12)19-17(20)14-5-4-13-8-9-18-11-15(13)10-14/h2-11H,1H3,(H,19,20). The van der Waals surface area contributed by atoms with Crippen molar-refractivity contribution in [3.63, 3.8) is 0 Å². The van der Waals surface area contributed by atoms with Crippen molar-refractivity contribution in [3.05, 3.63) is 72.1 Å². The van der Waals surface area contributed by atoms with Crippen molar-refractivity contribution in [2.24, 2.45) is 0 Å². The van der Waals surface area contributed by atoms with Gasteiger partial charge < -0.3 is 5.32 Å². The van der Waals surface area contributed by atoms with E-state index in [1.807, 2.05) is 55.5 Å². The van der Waals surface area contributed by atoms with Crippen molar-refractivity contribution < 1.29 is 4.79 Å². The maximum Gasteiger partial charge on any atom is 0.255 e. The van der Waals surface area contributed by atoms with Crippen molar-refractivity contribution in [3.8, 4) is 0 Å². The monoisotopic (exact) mass is 262 g/mol. The average molecular weight is 262 g/mol. The molecule has 1 N–H and O–H groups in total. The highest BCUT2D eigenvalue weighted by Crippen LogP contribution is 2.16. The lowest BCUT2D eigenvalue weighted by molar-refractivity contribution is 0.102. The molecule has 0 saturated heterocycles. The summed E-state index contributed by atoms with van der Waals surface area (Å²) >= 11 is 0. The van der Waals surface area contributed by atoms with Crippen molar-refractivity contribution in [2.75, 3.05) is 5.32 Å². The Balaban J connectivity index is 1.86. The zero-order valence-electron chi connectivity index (χ0n) is 11.1. The Morgan fingerprint density at radius 3 is 2.60 bits per heavy atom. The smallest absolute Gasteiger partial charge is 0.255 e. The van der Waals surface area contributed by atoms with Crippen LogP contribution >= 0.6 is 0 Å². The predicted molar refractivity (Wildman–Crippen MR) is 80.9 cm³/mol. The summed E-state index contributed by atoms with van der Waals surface area (Å²) in [7, 11) is 0. The third-order valence-electron chi connectivity index (χ3n) is 3.21. The van der Waals surface area contributed by atoms with E-state index in [4.69, 9.17) is 0 Å². The number of carbonyl (C=O) groups excluding carboxylic acids is 1. The number of nitrogens with zero attached hydrogens (tertiary/aromatic N) is 1. The quantitative estimate of drug-likeness (QED) is 0.763. The first-order chi connectivity index (χ1) is 9.72. The van der Waals surface area contributed by atoms with Crippen LogP contribution < -0.4 is 5.32 Å². The van der Waals surface area contributed by atoms with Gasteiger partial charge in [0.15, 0.2) is 0 Å². The third-order valence-corrected chi connectivity index (χ3v) is 3.21. The van der Waals surface area contributed by atoms with Gasteiger partial charge in [-0.1, -0.05) is 23.8 Å². The highest BCUT2D eigenvalue weighted by atomic mass is 16.1. The number of fused-ring (bicyclic) bond motifs is 1. The third kappa shape index (κ3) is 2.52. The number of carbonyl (C=O) groups is 1. The lowest BCUT2D eigenvalue weighted by Gasteiger charge is -2.06. The molecule has 0 radical (unpaired) electrons. The van der Waals surface area contributed by atoms with Gasteiger partial charge in [-0.2, -0.15) is 0 Å². The van der Waals surface area contributed by atoms with Crippen molar-refractivity contribution in [1.29, 1.82) is 0 Å². The first kappa shape index (κ1) is 12.4. The largest absolute Gasteiger partial charge is 0.322 e. The molecule has 0 spiro atoms. The molecule has 3 nitrogen and oxygen atoms in total. The van der Waals surface area contributed by atoms with Gasteiger partial charge in [-0.3, -0.25) is 9.78 Å². The predicted octanol–water partition coefficient (Wildman–Crippen LogP) is 3.80. The molecule has 0 aliphatic heterocycles. The number of pyridine rings is 1. The molecule has 1 heterocycles. The highest BCUT2D eigenvalue weighted by Gasteiger charge is 2.06. The summed E-state index contributed by atoms with van der Waals surface area (Å²) in [5.41, 5.74) is 2.60. The normalized spacial score (nSPS) is 10.4. The lowest BCUT2D eigenvalue weighted by atomic mass is 10.1. The number of amides is 1. The van der Waals surface area contributed by atoms with E-state index in [9.17, 15) is 4.79 Å². The van der Waals surface area contributed by atoms with Crippen LogP contribution in [0.3, 0.4) is 0 Å².